The lowest BCUT2D eigenvalue weighted by Gasteiger charge is -2.18. The molecule has 0 spiro atoms. The number of ether oxygens (including phenoxy) is 4. The number of esters is 1. The summed E-state index contributed by atoms with van der Waals surface area (Å²) in [4.78, 5) is 23.8. The van der Waals surface area contributed by atoms with Crippen molar-refractivity contribution in [2.75, 3.05) is 26.1 Å². The number of hydrogen-bond acceptors (Lipinski definition) is 6. The molecule has 0 aromatic heterocycles. The molecule has 1 atom stereocenters. The highest BCUT2D eigenvalue weighted by Gasteiger charge is 2.18. The van der Waals surface area contributed by atoms with E-state index in [-0.39, 0.29) is 5.91 Å². The van der Waals surface area contributed by atoms with Crippen molar-refractivity contribution in [3.8, 4) is 17.2 Å². The largest absolute Gasteiger partial charge is 0.493 e. The average molecular weight is 399 g/mol. The van der Waals surface area contributed by atoms with Crippen LogP contribution in [0.1, 0.15) is 19.4 Å². The lowest BCUT2D eigenvalue weighted by molar-refractivity contribution is -0.134. The zero-order valence-corrected chi connectivity index (χ0v) is 16.9. The summed E-state index contributed by atoms with van der Waals surface area (Å²) in [6, 6.07) is 12.3. The molecule has 154 valence electrons. The summed E-state index contributed by atoms with van der Waals surface area (Å²) in [5.74, 6) is 0.653. The van der Waals surface area contributed by atoms with Crippen LogP contribution >= 0.6 is 0 Å². The van der Waals surface area contributed by atoms with Crippen LogP contribution in [0.2, 0.25) is 0 Å². The Morgan fingerprint density at radius 1 is 1.07 bits per heavy atom. The molecule has 1 N–H and O–H groups in total. The topological polar surface area (TPSA) is 83.1 Å². The smallest absolute Gasteiger partial charge is 0.330 e. The minimum absolute atomic E-state index is 0.325. The van der Waals surface area contributed by atoms with Crippen molar-refractivity contribution in [1.82, 2.24) is 0 Å². The van der Waals surface area contributed by atoms with E-state index in [0.29, 0.717) is 29.5 Å². The number of para-hydroxylation sites is 2. The van der Waals surface area contributed by atoms with E-state index >= 15 is 0 Å². The van der Waals surface area contributed by atoms with Crippen LogP contribution in [0.15, 0.2) is 48.5 Å². The van der Waals surface area contributed by atoms with Gasteiger partial charge in [-0.2, -0.15) is 0 Å². The molecule has 1 amide bonds. The fourth-order valence-corrected chi connectivity index (χ4v) is 2.45. The maximum Gasteiger partial charge on any atom is 0.330 e. The van der Waals surface area contributed by atoms with E-state index in [1.165, 1.54) is 20.3 Å². The Hall–Kier alpha value is -3.48. The second-order valence-electron chi connectivity index (χ2n) is 5.95. The van der Waals surface area contributed by atoms with E-state index in [1.54, 1.807) is 43.3 Å². The van der Waals surface area contributed by atoms with Gasteiger partial charge in [0.2, 0.25) is 0 Å². The summed E-state index contributed by atoms with van der Waals surface area (Å²) in [7, 11) is 2.81. The van der Waals surface area contributed by atoms with Gasteiger partial charge in [0.05, 0.1) is 26.5 Å². The van der Waals surface area contributed by atoms with Gasteiger partial charge in [-0.25, -0.2) is 4.79 Å². The molecule has 7 nitrogen and oxygen atoms in total. The molecule has 0 aliphatic rings. The second kappa shape index (κ2) is 10.8. The first-order chi connectivity index (χ1) is 14.0. The Balaban J connectivity index is 2.09. The van der Waals surface area contributed by atoms with Crippen LogP contribution in [0.3, 0.4) is 0 Å². The van der Waals surface area contributed by atoms with Gasteiger partial charge < -0.3 is 24.3 Å². The molecule has 0 heterocycles. The Morgan fingerprint density at radius 2 is 1.83 bits per heavy atom. The van der Waals surface area contributed by atoms with Gasteiger partial charge in [0, 0.05) is 6.08 Å². The Kier molecular flexibility index (Phi) is 8.09. The molecule has 7 heteroatoms. The number of carbonyl (C=O) groups is 2. The third kappa shape index (κ3) is 6.27. The van der Waals surface area contributed by atoms with Crippen LogP contribution in [0.25, 0.3) is 6.08 Å². The van der Waals surface area contributed by atoms with Gasteiger partial charge in [0.1, 0.15) is 5.75 Å². The van der Waals surface area contributed by atoms with Gasteiger partial charge >= 0.3 is 5.97 Å². The van der Waals surface area contributed by atoms with E-state index < -0.39 is 12.1 Å². The molecule has 0 fully saturated rings. The number of nitrogens with one attached hydrogen (secondary N) is 1. The van der Waals surface area contributed by atoms with E-state index in [2.05, 4.69) is 10.1 Å². The van der Waals surface area contributed by atoms with Crippen LogP contribution < -0.4 is 19.5 Å². The second-order valence-corrected chi connectivity index (χ2v) is 5.95. The first-order valence-corrected chi connectivity index (χ1v) is 9.11. The van der Waals surface area contributed by atoms with Crippen LogP contribution in [-0.2, 0) is 14.3 Å². The molecular weight excluding hydrogens is 374 g/mol. The monoisotopic (exact) mass is 399 g/mol. The van der Waals surface area contributed by atoms with Crippen molar-refractivity contribution in [3.63, 3.8) is 0 Å². The first kappa shape index (κ1) is 21.8. The fraction of sp³-hybridized carbons (Fsp3) is 0.273. The van der Waals surface area contributed by atoms with Gasteiger partial charge in [0.25, 0.3) is 5.91 Å². The normalized spacial score (nSPS) is 11.6. The molecule has 0 saturated carbocycles. The molecule has 0 unspecified atom stereocenters. The van der Waals surface area contributed by atoms with Gasteiger partial charge in [-0.3, -0.25) is 4.79 Å². The Morgan fingerprint density at radius 3 is 2.52 bits per heavy atom. The highest BCUT2D eigenvalue weighted by atomic mass is 16.5. The number of carbonyl (C=O) groups excluding carboxylic acids is 2. The fourth-order valence-electron chi connectivity index (χ4n) is 2.45. The summed E-state index contributed by atoms with van der Waals surface area (Å²) in [5, 5.41) is 2.81. The van der Waals surface area contributed by atoms with Gasteiger partial charge in [-0.05, 0) is 49.8 Å². The molecule has 2 rings (SSSR count). The number of hydrogen-bond donors (Lipinski definition) is 1. The SMILES string of the molecule is CCOc1ccccc1NC(=O)[C@@H](C)Oc1ccc(/C=C\C(=O)OC)cc1OC. The summed E-state index contributed by atoms with van der Waals surface area (Å²) in [6.45, 7) is 4.01. The molecule has 2 aromatic rings. The third-order valence-electron chi connectivity index (χ3n) is 3.92. The van der Waals surface area contributed by atoms with Crippen molar-refractivity contribution < 1.29 is 28.5 Å². The zero-order chi connectivity index (χ0) is 21.2. The maximum absolute atomic E-state index is 12.6. The van der Waals surface area contributed by atoms with Gasteiger partial charge in [0.15, 0.2) is 17.6 Å². The summed E-state index contributed by atoms with van der Waals surface area (Å²) < 4.78 is 21.2. The average Bonchev–Trinajstić information content (AvgIpc) is 2.74. The number of anilines is 1. The maximum atomic E-state index is 12.6. The third-order valence-corrected chi connectivity index (χ3v) is 3.92. The predicted octanol–water partition coefficient (Wildman–Crippen LogP) is 3.69. The number of methoxy groups -OCH3 is 2. The van der Waals surface area contributed by atoms with Crippen LogP contribution in [0.5, 0.6) is 17.2 Å². The molecule has 0 aliphatic carbocycles. The predicted molar refractivity (Wildman–Crippen MR) is 110 cm³/mol. The summed E-state index contributed by atoms with van der Waals surface area (Å²) >= 11 is 0. The molecule has 2 aromatic carbocycles. The van der Waals surface area contributed by atoms with Crippen LogP contribution in [-0.4, -0.2) is 38.8 Å². The van der Waals surface area contributed by atoms with Crippen molar-refractivity contribution in [2.45, 2.75) is 20.0 Å². The lowest BCUT2D eigenvalue weighted by atomic mass is 10.2. The van der Waals surface area contributed by atoms with Crippen LogP contribution in [0.4, 0.5) is 5.69 Å². The summed E-state index contributed by atoms with van der Waals surface area (Å²) in [5.41, 5.74) is 1.30. The molecule has 0 bridgehead atoms. The first-order valence-electron chi connectivity index (χ1n) is 9.11. The minimum Gasteiger partial charge on any atom is -0.493 e. The number of benzene rings is 2. The van der Waals surface area contributed by atoms with Crippen molar-refractivity contribution >= 4 is 23.6 Å². The van der Waals surface area contributed by atoms with Gasteiger partial charge in [-0.15, -0.1) is 0 Å². The van der Waals surface area contributed by atoms with Gasteiger partial charge in [-0.1, -0.05) is 18.2 Å². The molecule has 29 heavy (non-hydrogen) atoms. The standard InChI is InChI=1S/C22H25NO6/c1-5-28-18-9-7-6-8-17(18)23-22(25)15(2)29-19-12-10-16(14-20(19)26-3)11-13-21(24)27-4/h6-15H,5H2,1-4H3,(H,23,25)/b13-11-/t15-/m1/s1. The van der Waals surface area contributed by atoms with Crippen molar-refractivity contribution in [2.24, 2.45) is 0 Å². The van der Waals surface area contributed by atoms with E-state index in [0.717, 1.165) is 5.56 Å². The molecular formula is C22H25NO6. The van der Waals surface area contributed by atoms with Crippen molar-refractivity contribution in [3.05, 3.63) is 54.1 Å². The molecule has 0 radical (unpaired) electrons. The molecule has 0 saturated heterocycles. The number of rotatable bonds is 9. The summed E-state index contributed by atoms with van der Waals surface area (Å²) in [6.07, 6.45) is 2.12. The quantitative estimate of drug-likeness (QED) is 0.512. The highest BCUT2D eigenvalue weighted by molar-refractivity contribution is 5.95. The Bertz CT molecular complexity index is 877. The number of amides is 1. The highest BCUT2D eigenvalue weighted by Crippen LogP contribution is 2.30. The lowest BCUT2D eigenvalue weighted by Crippen LogP contribution is -2.30. The van der Waals surface area contributed by atoms with E-state index in [1.807, 2.05) is 19.1 Å². The zero-order valence-electron chi connectivity index (χ0n) is 16.9. The van der Waals surface area contributed by atoms with E-state index in [4.69, 9.17) is 14.2 Å². The van der Waals surface area contributed by atoms with Crippen LogP contribution in [0, 0.1) is 0 Å². The molecule has 0 aliphatic heterocycles. The van der Waals surface area contributed by atoms with E-state index in [9.17, 15) is 9.59 Å². The van der Waals surface area contributed by atoms with Crippen molar-refractivity contribution in [1.29, 1.82) is 0 Å². The Labute approximate surface area is 170 Å². The minimum atomic E-state index is -0.782.